The van der Waals surface area contributed by atoms with Gasteiger partial charge in [-0.05, 0) is 24.8 Å². The molecular formula is C12H19N. The van der Waals surface area contributed by atoms with Crippen molar-refractivity contribution in [3.63, 3.8) is 0 Å². The van der Waals surface area contributed by atoms with Crippen molar-refractivity contribution < 1.29 is 0 Å². The van der Waals surface area contributed by atoms with Crippen LogP contribution in [0.3, 0.4) is 0 Å². The average molecular weight is 177 g/mol. The molecule has 0 bridgehead atoms. The molecule has 0 amide bonds. The van der Waals surface area contributed by atoms with E-state index in [1.54, 1.807) is 0 Å². The highest BCUT2D eigenvalue weighted by molar-refractivity contribution is 5.23. The zero-order valence-electron chi connectivity index (χ0n) is 8.47. The van der Waals surface area contributed by atoms with Crippen LogP contribution in [0.4, 0.5) is 0 Å². The topological polar surface area (TPSA) is 12.0 Å². The van der Waals surface area contributed by atoms with Crippen LogP contribution in [0.25, 0.3) is 0 Å². The van der Waals surface area contributed by atoms with Crippen molar-refractivity contribution in [2.24, 2.45) is 0 Å². The first-order valence-corrected chi connectivity index (χ1v) is 4.95. The van der Waals surface area contributed by atoms with E-state index in [0.29, 0.717) is 5.54 Å². The summed E-state index contributed by atoms with van der Waals surface area (Å²) in [6.45, 7) is 10.6. The molecule has 0 aliphatic heterocycles. The Bertz CT molecular complexity index is 221. The maximum atomic E-state index is 3.77. The molecule has 0 unspecified atom stereocenters. The Morgan fingerprint density at radius 1 is 1.46 bits per heavy atom. The van der Waals surface area contributed by atoms with E-state index in [4.69, 9.17) is 0 Å². The van der Waals surface area contributed by atoms with E-state index < -0.39 is 0 Å². The molecule has 0 aromatic carbocycles. The maximum absolute atomic E-state index is 3.77. The van der Waals surface area contributed by atoms with E-state index in [1.165, 1.54) is 24.8 Å². The van der Waals surface area contributed by atoms with Gasteiger partial charge < -0.3 is 5.32 Å². The molecule has 0 spiro atoms. The van der Waals surface area contributed by atoms with Gasteiger partial charge in [-0.15, -0.1) is 0 Å². The largest absolute Gasteiger partial charge is 0.307 e. The van der Waals surface area contributed by atoms with Crippen LogP contribution in [0.15, 0.2) is 37.0 Å². The van der Waals surface area contributed by atoms with Gasteiger partial charge in [-0.2, -0.15) is 0 Å². The molecule has 1 aliphatic rings. The highest BCUT2D eigenvalue weighted by atomic mass is 15.0. The number of allylic oxidation sites excluding steroid dienone is 2. The van der Waals surface area contributed by atoms with E-state index in [1.807, 2.05) is 18.2 Å². The molecule has 1 N–H and O–H groups in total. The van der Waals surface area contributed by atoms with Crippen LogP contribution < -0.4 is 5.32 Å². The van der Waals surface area contributed by atoms with Crippen molar-refractivity contribution in [2.75, 3.05) is 6.54 Å². The highest BCUT2D eigenvalue weighted by Gasteiger charge is 2.39. The molecule has 1 saturated carbocycles. The Morgan fingerprint density at radius 2 is 2.15 bits per heavy atom. The third kappa shape index (κ3) is 2.85. The lowest BCUT2D eigenvalue weighted by molar-refractivity contribution is 0.507. The Kier molecular flexibility index (Phi) is 3.49. The average Bonchev–Trinajstić information content (AvgIpc) is 2.93. The molecule has 1 fully saturated rings. The predicted molar refractivity (Wildman–Crippen MR) is 58.7 cm³/mol. The third-order valence-electron chi connectivity index (χ3n) is 2.79. The fraction of sp³-hybridized carbons (Fsp3) is 0.500. The second kappa shape index (κ2) is 4.43. The summed E-state index contributed by atoms with van der Waals surface area (Å²) < 4.78 is 0. The number of hydrogen-bond acceptors (Lipinski definition) is 1. The first-order chi connectivity index (χ1) is 6.26. The Labute approximate surface area is 81.2 Å². The van der Waals surface area contributed by atoms with Gasteiger partial charge in [-0.3, -0.25) is 0 Å². The molecule has 1 rings (SSSR count). The first kappa shape index (κ1) is 10.3. The van der Waals surface area contributed by atoms with Crippen LogP contribution in [-0.4, -0.2) is 12.1 Å². The summed E-state index contributed by atoms with van der Waals surface area (Å²) in [7, 11) is 0. The number of hydrogen-bond donors (Lipinski definition) is 1. The van der Waals surface area contributed by atoms with Crippen LogP contribution in [0.2, 0.25) is 0 Å². The van der Waals surface area contributed by atoms with E-state index in [0.717, 1.165) is 6.54 Å². The summed E-state index contributed by atoms with van der Waals surface area (Å²) in [6, 6.07) is 0. The maximum Gasteiger partial charge on any atom is 0.0210 e. The van der Waals surface area contributed by atoms with E-state index in [9.17, 15) is 0 Å². The minimum absolute atomic E-state index is 0.448. The lowest BCUT2D eigenvalue weighted by Gasteiger charge is -2.14. The summed E-state index contributed by atoms with van der Waals surface area (Å²) in [5.41, 5.74) is 1.67. The summed E-state index contributed by atoms with van der Waals surface area (Å²) in [6.07, 6.45) is 9.58. The molecule has 0 atom stereocenters. The smallest absolute Gasteiger partial charge is 0.0210 e. The molecule has 0 heterocycles. The van der Waals surface area contributed by atoms with Crippen molar-refractivity contribution in [3.8, 4) is 0 Å². The van der Waals surface area contributed by atoms with Gasteiger partial charge in [0.15, 0.2) is 0 Å². The summed E-state index contributed by atoms with van der Waals surface area (Å²) in [5, 5.41) is 3.57. The van der Waals surface area contributed by atoms with Crippen LogP contribution in [0.5, 0.6) is 0 Å². The Morgan fingerprint density at radius 3 is 2.54 bits per heavy atom. The van der Waals surface area contributed by atoms with Crippen molar-refractivity contribution in [2.45, 2.75) is 31.7 Å². The standard InChI is InChI=1S/C12H19N/c1-4-7-11(5-2)10-13-12(6-3)8-9-12/h4-5,7,13H,1-2,6,8-10H2,3H3/b11-7+. The van der Waals surface area contributed by atoms with Gasteiger partial charge >= 0.3 is 0 Å². The molecule has 1 aliphatic carbocycles. The fourth-order valence-electron chi connectivity index (χ4n) is 1.45. The Hall–Kier alpha value is -0.820. The van der Waals surface area contributed by atoms with Gasteiger partial charge in [-0.25, -0.2) is 0 Å². The van der Waals surface area contributed by atoms with Crippen LogP contribution >= 0.6 is 0 Å². The summed E-state index contributed by atoms with van der Waals surface area (Å²) in [5.74, 6) is 0. The zero-order valence-corrected chi connectivity index (χ0v) is 8.47. The summed E-state index contributed by atoms with van der Waals surface area (Å²) >= 11 is 0. The lowest BCUT2D eigenvalue weighted by atomic mass is 10.1. The molecule has 0 aromatic heterocycles. The highest BCUT2D eigenvalue weighted by Crippen LogP contribution is 2.38. The van der Waals surface area contributed by atoms with Gasteiger partial charge in [0, 0.05) is 12.1 Å². The summed E-state index contributed by atoms with van der Waals surface area (Å²) in [4.78, 5) is 0. The van der Waals surface area contributed by atoms with E-state index in [-0.39, 0.29) is 0 Å². The van der Waals surface area contributed by atoms with E-state index >= 15 is 0 Å². The van der Waals surface area contributed by atoms with Crippen molar-refractivity contribution in [3.05, 3.63) is 37.0 Å². The minimum atomic E-state index is 0.448. The monoisotopic (exact) mass is 177 g/mol. The van der Waals surface area contributed by atoms with Gasteiger partial charge in [0.25, 0.3) is 0 Å². The second-order valence-corrected chi connectivity index (χ2v) is 3.67. The van der Waals surface area contributed by atoms with Crippen LogP contribution in [0, 0.1) is 0 Å². The SMILES string of the molecule is C=C/C=C(\C=C)CNC1(CC)CC1. The zero-order chi connectivity index (χ0) is 9.73. The quantitative estimate of drug-likeness (QED) is 0.615. The normalized spacial score (nSPS) is 19.6. The molecule has 1 heteroatoms. The third-order valence-corrected chi connectivity index (χ3v) is 2.79. The van der Waals surface area contributed by atoms with Crippen molar-refractivity contribution in [1.29, 1.82) is 0 Å². The second-order valence-electron chi connectivity index (χ2n) is 3.67. The van der Waals surface area contributed by atoms with Gasteiger partial charge in [-0.1, -0.05) is 38.3 Å². The molecule has 1 nitrogen and oxygen atoms in total. The van der Waals surface area contributed by atoms with Gasteiger partial charge in [0.2, 0.25) is 0 Å². The fourth-order valence-corrected chi connectivity index (χ4v) is 1.45. The first-order valence-electron chi connectivity index (χ1n) is 4.95. The molecule has 13 heavy (non-hydrogen) atoms. The van der Waals surface area contributed by atoms with Crippen LogP contribution in [-0.2, 0) is 0 Å². The van der Waals surface area contributed by atoms with Crippen molar-refractivity contribution in [1.82, 2.24) is 5.32 Å². The molecule has 0 saturated heterocycles. The molecule has 72 valence electrons. The lowest BCUT2D eigenvalue weighted by Crippen LogP contribution is -2.31. The van der Waals surface area contributed by atoms with Crippen molar-refractivity contribution >= 4 is 0 Å². The van der Waals surface area contributed by atoms with E-state index in [2.05, 4.69) is 25.4 Å². The molecular weight excluding hydrogens is 158 g/mol. The number of rotatable bonds is 6. The molecule has 0 radical (unpaired) electrons. The van der Waals surface area contributed by atoms with Gasteiger partial charge in [0.05, 0.1) is 0 Å². The Balaban J connectivity index is 2.36. The van der Waals surface area contributed by atoms with Crippen LogP contribution in [0.1, 0.15) is 26.2 Å². The number of nitrogens with one attached hydrogen (secondary N) is 1. The van der Waals surface area contributed by atoms with Gasteiger partial charge in [0.1, 0.15) is 0 Å². The molecule has 0 aromatic rings. The predicted octanol–water partition coefficient (Wildman–Crippen LogP) is 2.82. The minimum Gasteiger partial charge on any atom is -0.307 e.